The Morgan fingerprint density at radius 1 is 1.00 bits per heavy atom. The number of primary amides is 1. The van der Waals surface area contributed by atoms with Crippen LogP contribution in [0.5, 0.6) is 0 Å². The molecule has 27 heavy (non-hydrogen) atoms. The zero-order chi connectivity index (χ0) is 20.2. The smallest absolute Gasteiger partial charge is 0.366 e. The van der Waals surface area contributed by atoms with E-state index < -0.39 is 39.5 Å². The van der Waals surface area contributed by atoms with Crippen molar-refractivity contribution in [1.82, 2.24) is 4.72 Å². The number of amides is 2. The Morgan fingerprint density at radius 2 is 1.63 bits per heavy atom. The van der Waals surface area contributed by atoms with Gasteiger partial charge in [0.15, 0.2) is 0 Å². The van der Waals surface area contributed by atoms with E-state index in [-0.39, 0.29) is 11.1 Å². The molecular formula is C16H14F3N3O4S. The highest BCUT2D eigenvalue weighted by molar-refractivity contribution is 7.89. The van der Waals surface area contributed by atoms with Gasteiger partial charge in [-0.2, -0.15) is 13.2 Å². The fourth-order valence-electron chi connectivity index (χ4n) is 1.99. The van der Waals surface area contributed by atoms with E-state index in [0.29, 0.717) is 5.69 Å². The number of sulfonamides is 1. The minimum Gasteiger partial charge on any atom is -0.366 e. The third kappa shape index (κ3) is 5.79. The summed E-state index contributed by atoms with van der Waals surface area (Å²) in [6, 6.07) is 10.2. The second-order valence-electron chi connectivity index (χ2n) is 5.36. The molecule has 0 heterocycles. The molecule has 0 saturated carbocycles. The maximum absolute atomic E-state index is 12.2. The standard InChI is InChI=1S/C16H14F3N3O4S/c17-16(18,19)9-21-27(25,26)13-3-1-2-11(8-13)15(24)22-12-6-4-10(5-7-12)14(20)23/h1-8,21H,9H2,(H2,20,23)(H,22,24). The van der Waals surface area contributed by atoms with Crippen molar-refractivity contribution < 1.29 is 31.2 Å². The van der Waals surface area contributed by atoms with Crippen molar-refractivity contribution in [3.63, 3.8) is 0 Å². The number of carbonyl (C=O) groups is 2. The van der Waals surface area contributed by atoms with E-state index in [1.165, 1.54) is 41.1 Å². The number of hydrogen-bond donors (Lipinski definition) is 3. The number of anilines is 1. The molecule has 0 saturated heterocycles. The first kappa shape index (κ1) is 20.4. The van der Waals surface area contributed by atoms with Crippen LogP contribution in [-0.4, -0.2) is 33.0 Å². The fraction of sp³-hybridized carbons (Fsp3) is 0.125. The summed E-state index contributed by atoms with van der Waals surface area (Å²) in [6.45, 7) is -1.72. The van der Waals surface area contributed by atoms with E-state index >= 15 is 0 Å². The maximum Gasteiger partial charge on any atom is 0.402 e. The summed E-state index contributed by atoms with van der Waals surface area (Å²) in [6.07, 6.45) is -4.71. The van der Waals surface area contributed by atoms with Crippen molar-refractivity contribution in [2.75, 3.05) is 11.9 Å². The molecule has 0 aliphatic heterocycles. The Kier molecular flexibility index (Phi) is 5.86. The van der Waals surface area contributed by atoms with Crippen LogP contribution in [0.3, 0.4) is 0 Å². The molecule has 0 aromatic heterocycles. The lowest BCUT2D eigenvalue weighted by Gasteiger charge is -2.10. The lowest BCUT2D eigenvalue weighted by molar-refractivity contribution is -0.121. The van der Waals surface area contributed by atoms with Gasteiger partial charge < -0.3 is 11.1 Å². The van der Waals surface area contributed by atoms with Gasteiger partial charge in [-0.15, -0.1) is 0 Å². The van der Waals surface area contributed by atoms with Crippen LogP contribution < -0.4 is 15.8 Å². The van der Waals surface area contributed by atoms with Crippen LogP contribution in [-0.2, 0) is 10.0 Å². The topological polar surface area (TPSA) is 118 Å². The number of nitrogens with one attached hydrogen (secondary N) is 2. The van der Waals surface area contributed by atoms with E-state index in [1.807, 2.05) is 0 Å². The zero-order valence-electron chi connectivity index (χ0n) is 13.6. The Labute approximate surface area is 152 Å². The third-order valence-corrected chi connectivity index (χ3v) is 4.70. The number of benzene rings is 2. The monoisotopic (exact) mass is 401 g/mol. The largest absolute Gasteiger partial charge is 0.402 e. The minimum absolute atomic E-state index is 0.0798. The first-order valence-electron chi connectivity index (χ1n) is 7.36. The van der Waals surface area contributed by atoms with Gasteiger partial charge in [0.25, 0.3) is 5.91 Å². The number of nitrogens with two attached hydrogens (primary N) is 1. The summed E-state index contributed by atoms with van der Waals surface area (Å²) in [5.41, 5.74) is 5.57. The van der Waals surface area contributed by atoms with Crippen LogP contribution in [0.25, 0.3) is 0 Å². The van der Waals surface area contributed by atoms with Crippen LogP contribution in [0.1, 0.15) is 20.7 Å². The van der Waals surface area contributed by atoms with E-state index in [4.69, 9.17) is 5.73 Å². The molecule has 4 N–H and O–H groups in total. The number of alkyl halides is 3. The summed E-state index contributed by atoms with van der Waals surface area (Å²) in [5, 5.41) is 2.47. The summed E-state index contributed by atoms with van der Waals surface area (Å²) < 4.78 is 61.9. The molecule has 0 aliphatic rings. The lowest BCUT2D eigenvalue weighted by Crippen LogP contribution is -2.33. The predicted molar refractivity (Wildman–Crippen MR) is 90.6 cm³/mol. The SMILES string of the molecule is NC(=O)c1ccc(NC(=O)c2cccc(S(=O)(=O)NCC(F)(F)F)c2)cc1. The zero-order valence-corrected chi connectivity index (χ0v) is 14.4. The molecule has 0 radical (unpaired) electrons. The highest BCUT2D eigenvalue weighted by atomic mass is 32.2. The second-order valence-corrected chi connectivity index (χ2v) is 7.13. The molecule has 0 aliphatic carbocycles. The molecular weight excluding hydrogens is 387 g/mol. The van der Waals surface area contributed by atoms with Gasteiger partial charge in [0.1, 0.15) is 6.54 Å². The molecule has 144 valence electrons. The first-order valence-corrected chi connectivity index (χ1v) is 8.84. The van der Waals surface area contributed by atoms with Gasteiger partial charge in [0.2, 0.25) is 15.9 Å². The first-order chi connectivity index (χ1) is 12.5. The highest BCUT2D eigenvalue weighted by Gasteiger charge is 2.30. The van der Waals surface area contributed by atoms with Crippen molar-refractivity contribution in [3.8, 4) is 0 Å². The van der Waals surface area contributed by atoms with Crippen molar-refractivity contribution in [1.29, 1.82) is 0 Å². The molecule has 2 rings (SSSR count). The lowest BCUT2D eigenvalue weighted by atomic mass is 10.2. The Morgan fingerprint density at radius 3 is 2.19 bits per heavy atom. The summed E-state index contributed by atoms with van der Waals surface area (Å²) in [4.78, 5) is 22.8. The molecule has 2 amide bonds. The second kappa shape index (κ2) is 7.76. The van der Waals surface area contributed by atoms with Crippen LogP contribution >= 0.6 is 0 Å². The van der Waals surface area contributed by atoms with E-state index in [9.17, 15) is 31.2 Å². The summed E-state index contributed by atoms with van der Waals surface area (Å²) in [5.74, 6) is -1.33. The minimum atomic E-state index is -4.71. The molecule has 2 aromatic carbocycles. The van der Waals surface area contributed by atoms with Crippen LogP contribution in [0.2, 0.25) is 0 Å². The van der Waals surface area contributed by atoms with Crippen molar-refractivity contribution in [2.45, 2.75) is 11.1 Å². The van der Waals surface area contributed by atoms with Gasteiger partial charge in [0.05, 0.1) is 4.90 Å². The summed E-state index contributed by atoms with van der Waals surface area (Å²) in [7, 11) is -4.44. The highest BCUT2D eigenvalue weighted by Crippen LogP contribution is 2.17. The van der Waals surface area contributed by atoms with Crippen LogP contribution in [0.15, 0.2) is 53.4 Å². The van der Waals surface area contributed by atoms with Gasteiger partial charge in [-0.1, -0.05) is 6.07 Å². The quantitative estimate of drug-likeness (QED) is 0.685. The van der Waals surface area contributed by atoms with Crippen molar-refractivity contribution >= 4 is 27.5 Å². The molecule has 0 bridgehead atoms. The number of rotatable bonds is 6. The van der Waals surface area contributed by atoms with E-state index in [0.717, 1.165) is 12.1 Å². The Bertz CT molecular complexity index is 958. The summed E-state index contributed by atoms with van der Waals surface area (Å²) >= 11 is 0. The normalized spacial score (nSPS) is 11.8. The van der Waals surface area contributed by atoms with Gasteiger partial charge >= 0.3 is 6.18 Å². The molecule has 7 nitrogen and oxygen atoms in total. The van der Waals surface area contributed by atoms with Gasteiger partial charge in [-0.05, 0) is 42.5 Å². The fourth-order valence-corrected chi connectivity index (χ4v) is 3.05. The van der Waals surface area contributed by atoms with Crippen molar-refractivity contribution in [2.24, 2.45) is 5.73 Å². The molecule has 0 spiro atoms. The van der Waals surface area contributed by atoms with E-state index in [1.54, 1.807) is 0 Å². The predicted octanol–water partition coefficient (Wildman–Crippen LogP) is 1.88. The number of hydrogen-bond acceptors (Lipinski definition) is 4. The number of carbonyl (C=O) groups excluding carboxylic acids is 2. The van der Waals surface area contributed by atoms with Crippen LogP contribution in [0, 0.1) is 0 Å². The number of halogens is 3. The molecule has 11 heteroatoms. The molecule has 0 fully saturated rings. The van der Waals surface area contributed by atoms with E-state index in [2.05, 4.69) is 5.32 Å². The van der Waals surface area contributed by atoms with Gasteiger partial charge in [-0.3, -0.25) is 9.59 Å². The Balaban J connectivity index is 2.16. The van der Waals surface area contributed by atoms with Gasteiger partial charge in [0, 0.05) is 16.8 Å². The van der Waals surface area contributed by atoms with Gasteiger partial charge in [-0.25, -0.2) is 13.1 Å². The van der Waals surface area contributed by atoms with Crippen molar-refractivity contribution in [3.05, 3.63) is 59.7 Å². The third-order valence-electron chi connectivity index (χ3n) is 3.30. The molecule has 0 unspecified atom stereocenters. The average molecular weight is 401 g/mol. The Hall–Kier alpha value is -2.92. The van der Waals surface area contributed by atoms with Crippen LogP contribution in [0.4, 0.5) is 18.9 Å². The molecule has 0 atom stereocenters. The maximum atomic E-state index is 12.2. The molecule has 2 aromatic rings. The average Bonchev–Trinajstić information content (AvgIpc) is 2.60.